The Morgan fingerprint density at radius 3 is 2.79 bits per heavy atom. The highest BCUT2D eigenvalue weighted by Crippen LogP contribution is 2.22. The molecule has 2 heterocycles. The van der Waals surface area contributed by atoms with E-state index in [-0.39, 0.29) is 17.9 Å². The van der Waals surface area contributed by atoms with Crippen LogP contribution in [-0.2, 0) is 9.53 Å². The fourth-order valence-electron chi connectivity index (χ4n) is 2.78. The van der Waals surface area contributed by atoms with E-state index in [0.29, 0.717) is 37.5 Å². The van der Waals surface area contributed by atoms with Crippen molar-refractivity contribution in [2.75, 3.05) is 25.5 Å². The first-order valence-electron chi connectivity index (χ1n) is 7.81. The molecule has 0 radical (unpaired) electrons. The summed E-state index contributed by atoms with van der Waals surface area (Å²) < 4.78 is 10.0. The summed E-state index contributed by atoms with van der Waals surface area (Å²) in [5.74, 6) is 0.186. The average Bonchev–Trinajstić information content (AvgIpc) is 3.16. The molecule has 0 spiro atoms. The summed E-state index contributed by atoms with van der Waals surface area (Å²) in [5.41, 5.74) is 1.47. The topological polar surface area (TPSA) is 84.7 Å². The third-order valence-electron chi connectivity index (χ3n) is 4.11. The molecule has 7 heteroatoms. The van der Waals surface area contributed by atoms with Crippen molar-refractivity contribution in [3.63, 3.8) is 0 Å². The number of esters is 1. The lowest BCUT2D eigenvalue weighted by Crippen LogP contribution is -2.42. The van der Waals surface area contributed by atoms with E-state index in [1.54, 1.807) is 11.1 Å². The van der Waals surface area contributed by atoms with Gasteiger partial charge < -0.3 is 19.4 Å². The summed E-state index contributed by atoms with van der Waals surface area (Å²) in [5, 5.41) is 2.87. The molecule has 1 aliphatic rings. The summed E-state index contributed by atoms with van der Waals surface area (Å²) in [6.07, 6.45) is 4.32. The number of nitrogens with zero attached hydrogens (tertiary/aromatic N) is 2. The van der Waals surface area contributed by atoms with Gasteiger partial charge in [-0.05, 0) is 31.0 Å². The molecule has 24 heavy (non-hydrogen) atoms. The highest BCUT2D eigenvalue weighted by Gasteiger charge is 2.27. The molecule has 2 aromatic rings. The Morgan fingerprint density at radius 1 is 1.33 bits per heavy atom. The minimum Gasteiger partial charge on any atom is -0.469 e. The number of carbonyl (C=O) groups excluding carboxylic acids is 2. The number of hydrogen-bond acceptors (Lipinski definition) is 5. The predicted molar refractivity (Wildman–Crippen MR) is 87.3 cm³/mol. The standard InChI is InChI=1S/C17H19N3O4/c1-23-16(21)12-5-8-20(9-6-12)17(22)19-14-4-2-3-13(11-14)15-18-7-10-24-15/h2-4,7,10-12H,5-6,8-9H2,1H3,(H,19,22). The van der Waals surface area contributed by atoms with E-state index in [4.69, 9.17) is 9.15 Å². The van der Waals surface area contributed by atoms with E-state index < -0.39 is 0 Å². The molecule has 126 valence electrons. The van der Waals surface area contributed by atoms with Crippen molar-refractivity contribution in [1.29, 1.82) is 0 Å². The molecule has 0 aliphatic carbocycles. The lowest BCUT2D eigenvalue weighted by molar-refractivity contribution is -0.146. The van der Waals surface area contributed by atoms with Gasteiger partial charge in [0.1, 0.15) is 6.26 Å². The molecule has 0 saturated carbocycles. The molecule has 0 unspecified atom stereocenters. The SMILES string of the molecule is COC(=O)C1CCN(C(=O)Nc2cccc(-c3ncco3)c2)CC1. The van der Waals surface area contributed by atoms with E-state index in [9.17, 15) is 9.59 Å². The van der Waals surface area contributed by atoms with Crippen molar-refractivity contribution in [2.45, 2.75) is 12.8 Å². The number of rotatable bonds is 3. The lowest BCUT2D eigenvalue weighted by atomic mass is 9.97. The summed E-state index contributed by atoms with van der Waals surface area (Å²) in [6.45, 7) is 1.07. The van der Waals surface area contributed by atoms with E-state index in [2.05, 4.69) is 10.3 Å². The number of urea groups is 1. The summed E-state index contributed by atoms with van der Waals surface area (Å²) in [7, 11) is 1.39. The highest BCUT2D eigenvalue weighted by atomic mass is 16.5. The Morgan fingerprint density at radius 2 is 2.12 bits per heavy atom. The molecule has 1 aromatic heterocycles. The summed E-state index contributed by atoms with van der Waals surface area (Å²) >= 11 is 0. The van der Waals surface area contributed by atoms with Crippen LogP contribution in [0.5, 0.6) is 0 Å². The van der Waals surface area contributed by atoms with Gasteiger partial charge >= 0.3 is 12.0 Å². The van der Waals surface area contributed by atoms with Gasteiger partial charge in [-0.2, -0.15) is 0 Å². The number of nitrogens with one attached hydrogen (secondary N) is 1. The number of aromatic nitrogens is 1. The molecule has 7 nitrogen and oxygen atoms in total. The van der Waals surface area contributed by atoms with E-state index >= 15 is 0 Å². The maximum atomic E-state index is 12.4. The number of methoxy groups -OCH3 is 1. The zero-order valence-electron chi connectivity index (χ0n) is 13.4. The number of piperidine rings is 1. The largest absolute Gasteiger partial charge is 0.469 e. The fraction of sp³-hybridized carbons (Fsp3) is 0.353. The van der Waals surface area contributed by atoms with Gasteiger partial charge in [0.2, 0.25) is 5.89 Å². The predicted octanol–water partition coefficient (Wildman–Crippen LogP) is 2.76. The Bertz CT molecular complexity index is 706. The van der Waals surface area contributed by atoms with Crippen LogP contribution >= 0.6 is 0 Å². The van der Waals surface area contributed by atoms with E-state index in [1.807, 2.05) is 24.3 Å². The van der Waals surface area contributed by atoms with Crippen molar-refractivity contribution < 1.29 is 18.7 Å². The Kier molecular flexibility index (Phi) is 4.79. The first-order chi connectivity index (χ1) is 11.7. The van der Waals surface area contributed by atoms with Gasteiger partial charge in [0, 0.05) is 24.3 Å². The second-order valence-corrected chi connectivity index (χ2v) is 5.63. The van der Waals surface area contributed by atoms with Crippen molar-refractivity contribution in [2.24, 2.45) is 5.92 Å². The number of hydrogen-bond donors (Lipinski definition) is 1. The third-order valence-corrected chi connectivity index (χ3v) is 4.11. The van der Waals surface area contributed by atoms with Crippen LogP contribution in [0.3, 0.4) is 0 Å². The van der Waals surface area contributed by atoms with Crippen molar-refractivity contribution >= 4 is 17.7 Å². The summed E-state index contributed by atoms with van der Waals surface area (Å²) in [4.78, 5) is 29.7. The molecular weight excluding hydrogens is 310 g/mol. The van der Waals surface area contributed by atoms with Crippen molar-refractivity contribution in [1.82, 2.24) is 9.88 Å². The Hall–Kier alpha value is -2.83. The molecule has 3 rings (SSSR count). The van der Waals surface area contributed by atoms with Gasteiger partial charge in [0.15, 0.2) is 0 Å². The molecule has 1 aromatic carbocycles. The number of likely N-dealkylation sites (tertiary alicyclic amines) is 1. The third kappa shape index (κ3) is 3.56. The minimum atomic E-state index is -0.200. The number of benzene rings is 1. The average molecular weight is 329 g/mol. The number of anilines is 1. The van der Waals surface area contributed by atoms with E-state index in [0.717, 1.165) is 5.56 Å². The van der Waals surface area contributed by atoms with Crippen LogP contribution in [0.1, 0.15) is 12.8 Å². The number of carbonyl (C=O) groups is 2. The van der Waals surface area contributed by atoms with Gasteiger partial charge in [-0.1, -0.05) is 6.07 Å². The lowest BCUT2D eigenvalue weighted by Gasteiger charge is -2.30. The van der Waals surface area contributed by atoms with Crippen LogP contribution < -0.4 is 5.32 Å². The normalized spacial score (nSPS) is 15.1. The molecule has 0 bridgehead atoms. The van der Waals surface area contributed by atoms with Crippen molar-refractivity contribution in [3.8, 4) is 11.5 Å². The second kappa shape index (κ2) is 7.16. The number of oxazole rings is 1. The molecule has 1 N–H and O–H groups in total. The van der Waals surface area contributed by atoms with Crippen LogP contribution in [0.4, 0.5) is 10.5 Å². The van der Waals surface area contributed by atoms with Gasteiger partial charge in [0.25, 0.3) is 0 Å². The maximum absolute atomic E-state index is 12.4. The molecule has 1 saturated heterocycles. The maximum Gasteiger partial charge on any atom is 0.321 e. The molecule has 2 amide bonds. The number of amides is 2. The van der Waals surface area contributed by atoms with Crippen LogP contribution in [0.25, 0.3) is 11.5 Å². The quantitative estimate of drug-likeness (QED) is 0.875. The van der Waals surface area contributed by atoms with Gasteiger partial charge in [0.05, 0.1) is 19.2 Å². The zero-order chi connectivity index (χ0) is 16.9. The smallest absolute Gasteiger partial charge is 0.321 e. The molecular formula is C17H19N3O4. The highest BCUT2D eigenvalue weighted by molar-refractivity contribution is 5.90. The Balaban J connectivity index is 1.60. The zero-order valence-corrected chi connectivity index (χ0v) is 13.4. The van der Waals surface area contributed by atoms with Crippen LogP contribution in [0.2, 0.25) is 0 Å². The molecule has 0 atom stereocenters. The summed E-state index contributed by atoms with van der Waals surface area (Å²) in [6, 6.07) is 7.14. The van der Waals surface area contributed by atoms with E-state index in [1.165, 1.54) is 13.4 Å². The number of ether oxygens (including phenoxy) is 1. The monoisotopic (exact) mass is 329 g/mol. The van der Waals surface area contributed by atoms with Crippen LogP contribution in [0, 0.1) is 5.92 Å². The van der Waals surface area contributed by atoms with Crippen molar-refractivity contribution in [3.05, 3.63) is 36.7 Å². The molecule has 1 aliphatic heterocycles. The van der Waals surface area contributed by atoms with Gasteiger partial charge in [-0.15, -0.1) is 0 Å². The second-order valence-electron chi connectivity index (χ2n) is 5.63. The van der Waals surface area contributed by atoms with Gasteiger partial charge in [-0.25, -0.2) is 9.78 Å². The first-order valence-corrected chi connectivity index (χ1v) is 7.81. The van der Waals surface area contributed by atoms with Crippen LogP contribution in [0.15, 0.2) is 41.1 Å². The Labute approximate surface area is 139 Å². The fourth-order valence-corrected chi connectivity index (χ4v) is 2.78. The molecule has 1 fully saturated rings. The van der Waals surface area contributed by atoms with Gasteiger partial charge in [-0.3, -0.25) is 4.79 Å². The first kappa shape index (κ1) is 16.0. The minimum absolute atomic E-state index is 0.118. The van der Waals surface area contributed by atoms with Crippen LogP contribution in [-0.4, -0.2) is 42.1 Å².